The van der Waals surface area contributed by atoms with Gasteiger partial charge in [0.05, 0.1) is 0 Å². The molecule has 1 heterocycles. The fourth-order valence-corrected chi connectivity index (χ4v) is 3.81. The number of rotatable bonds is 6. The predicted octanol–water partition coefficient (Wildman–Crippen LogP) is 2.98. The first-order chi connectivity index (χ1) is 15.3. The van der Waals surface area contributed by atoms with Crippen molar-refractivity contribution in [1.82, 2.24) is 15.1 Å². The second-order valence-corrected chi connectivity index (χ2v) is 7.52. The summed E-state index contributed by atoms with van der Waals surface area (Å²) >= 11 is 0. The molecule has 164 valence electrons. The maximum atomic E-state index is 12.4. The number of carboxylic acid groups (broad SMARTS) is 1. The van der Waals surface area contributed by atoms with E-state index in [0.717, 1.165) is 22.3 Å². The highest BCUT2D eigenvalue weighted by atomic mass is 16.5. The van der Waals surface area contributed by atoms with Crippen LogP contribution in [0.25, 0.3) is 11.1 Å². The van der Waals surface area contributed by atoms with Crippen molar-refractivity contribution in [3.8, 4) is 11.1 Å². The van der Waals surface area contributed by atoms with Gasteiger partial charge in [0.1, 0.15) is 18.3 Å². The maximum absolute atomic E-state index is 12.4. The molecule has 0 bridgehead atoms. The maximum Gasteiger partial charge on any atom is 0.412 e. The SMILES string of the molecule is C[C@@H](NC(=O)c1cc(NC(=O)OCC2c3ccccc3-c3ccccc32)nn1C)C(=O)O. The lowest BCUT2D eigenvalue weighted by Gasteiger charge is -2.14. The van der Waals surface area contributed by atoms with E-state index in [1.165, 1.54) is 24.7 Å². The minimum Gasteiger partial charge on any atom is -0.480 e. The molecule has 0 spiro atoms. The number of carbonyl (C=O) groups is 3. The molecule has 3 N–H and O–H groups in total. The normalized spacial score (nSPS) is 13.1. The van der Waals surface area contributed by atoms with E-state index in [9.17, 15) is 14.4 Å². The molecular weight excluding hydrogens is 412 g/mol. The monoisotopic (exact) mass is 434 g/mol. The Morgan fingerprint density at radius 2 is 1.69 bits per heavy atom. The highest BCUT2D eigenvalue weighted by Gasteiger charge is 2.29. The van der Waals surface area contributed by atoms with Crippen molar-refractivity contribution in [2.24, 2.45) is 7.05 Å². The number of nitrogens with zero attached hydrogens (tertiary/aromatic N) is 2. The van der Waals surface area contributed by atoms with Gasteiger partial charge in [-0.1, -0.05) is 48.5 Å². The largest absolute Gasteiger partial charge is 0.480 e. The van der Waals surface area contributed by atoms with Crippen LogP contribution in [0, 0.1) is 0 Å². The van der Waals surface area contributed by atoms with Crippen LogP contribution in [0.4, 0.5) is 10.6 Å². The van der Waals surface area contributed by atoms with Crippen molar-refractivity contribution in [1.29, 1.82) is 0 Å². The van der Waals surface area contributed by atoms with Crippen LogP contribution in [0.3, 0.4) is 0 Å². The first kappa shape index (κ1) is 21.1. The predicted molar refractivity (Wildman–Crippen MR) is 116 cm³/mol. The molecule has 9 nitrogen and oxygen atoms in total. The van der Waals surface area contributed by atoms with E-state index in [0.29, 0.717) is 0 Å². The molecule has 0 aliphatic heterocycles. The van der Waals surface area contributed by atoms with Gasteiger partial charge in [0.25, 0.3) is 5.91 Å². The summed E-state index contributed by atoms with van der Waals surface area (Å²) in [4.78, 5) is 35.5. The standard InChI is InChI=1S/C23H22N4O5/c1-13(22(29)30)24-21(28)19-11-20(26-27(19)2)25-23(31)32-12-18-16-9-5-3-7-14(16)15-8-4-6-10-17(15)18/h3-11,13,18H,12H2,1-2H3,(H,24,28)(H,29,30)(H,25,26,31)/t13-/m1/s1. The molecule has 1 aliphatic rings. The molecule has 0 saturated carbocycles. The lowest BCUT2D eigenvalue weighted by molar-refractivity contribution is -0.138. The molecule has 1 aliphatic carbocycles. The van der Waals surface area contributed by atoms with Crippen molar-refractivity contribution >= 4 is 23.8 Å². The Labute approximate surface area is 184 Å². The lowest BCUT2D eigenvalue weighted by Crippen LogP contribution is -2.39. The van der Waals surface area contributed by atoms with Crippen molar-refractivity contribution in [2.75, 3.05) is 11.9 Å². The van der Waals surface area contributed by atoms with Gasteiger partial charge in [-0.15, -0.1) is 0 Å². The summed E-state index contributed by atoms with van der Waals surface area (Å²) < 4.78 is 6.72. The van der Waals surface area contributed by atoms with Crippen molar-refractivity contribution in [2.45, 2.75) is 18.9 Å². The van der Waals surface area contributed by atoms with E-state index in [-0.39, 0.29) is 24.0 Å². The summed E-state index contributed by atoms with van der Waals surface area (Å²) in [7, 11) is 1.52. The van der Waals surface area contributed by atoms with Crippen LogP contribution in [0.15, 0.2) is 54.6 Å². The molecule has 0 unspecified atom stereocenters. The molecule has 1 atom stereocenters. The zero-order chi connectivity index (χ0) is 22.8. The molecular formula is C23H22N4O5. The molecule has 9 heteroatoms. The van der Waals surface area contributed by atoms with Gasteiger partial charge in [-0.3, -0.25) is 19.6 Å². The highest BCUT2D eigenvalue weighted by Crippen LogP contribution is 2.44. The van der Waals surface area contributed by atoms with E-state index < -0.39 is 24.0 Å². The van der Waals surface area contributed by atoms with E-state index in [2.05, 4.69) is 27.9 Å². The Kier molecular flexibility index (Phi) is 5.63. The van der Waals surface area contributed by atoms with E-state index in [4.69, 9.17) is 9.84 Å². The second kappa shape index (κ2) is 8.54. The Balaban J connectivity index is 1.41. The lowest BCUT2D eigenvalue weighted by atomic mass is 9.98. The van der Waals surface area contributed by atoms with Gasteiger partial charge in [-0.25, -0.2) is 4.79 Å². The number of hydrogen-bond donors (Lipinski definition) is 3. The molecule has 3 aromatic rings. The van der Waals surface area contributed by atoms with Crippen molar-refractivity contribution < 1.29 is 24.2 Å². The van der Waals surface area contributed by atoms with Gasteiger partial charge in [-0.2, -0.15) is 5.10 Å². The first-order valence-corrected chi connectivity index (χ1v) is 10.0. The minimum absolute atomic E-state index is 0.0734. The number of anilines is 1. The fraction of sp³-hybridized carbons (Fsp3) is 0.217. The first-order valence-electron chi connectivity index (χ1n) is 10.0. The van der Waals surface area contributed by atoms with Gasteiger partial charge in [-0.05, 0) is 29.2 Å². The smallest absolute Gasteiger partial charge is 0.412 e. The van der Waals surface area contributed by atoms with Crippen LogP contribution in [0.2, 0.25) is 0 Å². The molecule has 0 radical (unpaired) electrons. The van der Waals surface area contributed by atoms with E-state index >= 15 is 0 Å². The third-order valence-corrected chi connectivity index (χ3v) is 5.40. The number of benzene rings is 2. The number of carbonyl (C=O) groups excluding carboxylic acids is 2. The summed E-state index contributed by atoms with van der Waals surface area (Å²) in [6.45, 7) is 1.50. The van der Waals surface area contributed by atoms with Gasteiger partial charge in [0.15, 0.2) is 5.82 Å². The zero-order valence-corrected chi connectivity index (χ0v) is 17.5. The van der Waals surface area contributed by atoms with Crippen LogP contribution in [-0.4, -0.2) is 45.5 Å². The third kappa shape index (κ3) is 4.04. The Morgan fingerprint density at radius 1 is 1.09 bits per heavy atom. The minimum atomic E-state index is -1.16. The summed E-state index contributed by atoms with van der Waals surface area (Å²) in [5, 5.41) is 17.9. The Bertz CT molecular complexity index is 1160. The quantitative estimate of drug-likeness (QED) is 0.548. The number of carboxylic acids is 1. The number of aromatic nitrogens is 2. The number of aryl methyl sites for hydroxylation is 1. The van der Waals surface area contributed by atoms with Crippen molar-refractivity contribution in [3.05, 3.63) is 71.4 Å². The van der Waals surface area contributed by atoms with Crippen LogP contribution in [-0.2, 0) is 16.6 Å². The topological polar surface area (TPSA) is 123 Å². The highest BCUT2D eigenvalue weighted by molar-refractivity contribution is 5.96. The molecule has 2 amide bonds. The van der Waals surface area contributed by atoms with Crippen LogP contribution in [0.5, 0.6) is 0 Å². The van der Waals surface area contributed by atoms with E-state index in [1.54, 1.807) is 0 Å². The van der Waals surface area contributed by atoms with Gasteiger partial charge in [0, 0.05) is 19.0 Å². The second-order valence-electron chi connectivity index (χ2n) is 7.52. The zero-order valence-electron chi connectivity index (χ0n) is 17.5. The summed E-state index contributed by atoms with van der Waals surface area (Å²) in [6.07, 6.45) is -0.698. The summed E-state index contributed by atoms with van der Waals surface area (Å²) in [6, 6.07) is 16.4. The number of hydrogen-bond acceptors (Lipinski definition) is 5. The van der Waals surface area contributed by atoms with Gasteiger partial charge >= 0.3 is 12.1 Å². The number of nitrogens with one attached hydrogen (secondary N) is 2. The number of aliphatic carboxylic acids is 1. The van der Waals surface area contributed by atoms with E-state index in [1.807, 2.05) is 36.4 Å². The van der Waals surface area contributed by atoms with Crippen LogP contribution < -0.4 is 10.6 Å². The van der Waals surface area contributed by atoms with Crippen LogP contribution in [0.1, 0.15) is 34.5 Å². The molecule has 4 rings (SSSR count). The van der Waals surface area contributed by atoms with Crippen molar-refractivity contribution in [3.63, 3.8) is 0 Å². The number of ether oxygens (including phenoxy) is 1. The Morgan fingerprint density at radius 3 is 2.28 bits per heavy atom. The molecule has 32 heavy (non-hydrogen) atoms. The molecule has 2 aromatic carbocycles. The average molecular weight is 434 g/mol. The summed E-state index contributed by atoms with van der Waals surface area (Å²) in [5.74, 6) is -1.72. The molecule has 0 fully saturated rings. The summed E-state index contributed by atoms with van der Waals surface area (Å²) in [5.41, 5.74) is 4.57. The molecule has 1 aromatic heterocycles. The van der Waals surface area contributed by atoms with Crippen LogP contribution >= 0.6 is 0 Å². The average Bonchev–Trinajstić information content (AvgIpc) is 3.29. The fourth-order valence-electron chi connectivity index (χ4n) is 3.81. The molecule has 0 saturated heterocycles. The Hall–Kier alpha value is -4.14. The van der Waals surface area contributed by atoms with Gasteiger partial charge < -0.3 is 15.2 Å². The number of fused-ring (bicyclic) bond motifs is 3. The number of amides is 2. The van der Waals surface area contributed by atoms with Gasteiger partial charge in [0.2, 0.25) is 0 Å². The third-order valence-electron chi connectivity index (χ3n) is 5.40.